The van der Waals surface area contributed by atoms with Gasteiger partial charge in [-0.2, -0.15) is 5.10 Å². The Morgan fingerprint density at radius 2 is 1.80 bits per heavy atom. The average Bonchev–Trinajstić information content (AvgIpc) is 3.25. The van der Waals surface area contributed by atoms with Gasteiger partial charge in [-0.1, -0.05) is 6.92 Å². The lowest BCUT2D eigenvalue weighted by molar-refractivity contribution is 0.0227. The molecule has 1 aliphatic rings. The summed E-state index contributed by atoms with van der Waals surface area (Å²) in [6.07, 6.45) is 0.518. The van der Waals surface area contributed by atoms with Crippen molar-refractivity contribution in [2.24, 2.45) is 0 Å². The van der Waals surface area contributed by atoms with E-state index in [4.69, 9.17) is 20.6 Å². The lowest BCUT2D eigenvalue weighted by Gasteiger charge is -2.34. The van der Waals surface area contributed by atoms with Crippen molar-refractivity contribution in [3.05, 3.63) is 52.4 Å². The zero-order chi connectivity index (χ0) is 24.9. The molecule has 2 heterocycles. The van der Waals surface area contributed by atoms with Crippen LogP contribution in [0.2, 0.25) is 0 Å². The minimum absolute atomic E-state index is 0.0296. The smallest absolute Gasteiger partial charge is 0.348 e. The van der Waals surface area contributed by atoms with Gasteiger partial charge in [-0.25, -0.2) is 14.5 Å². The van der Waals surface area contributed by atoms with Gasteiger partial charge in [0.15, 0.2) is 12.6 Å². The van der Waals surface area contributed by atoms with Gasteiger partial charge in [-0.05, 0) is 50.7 Å². The van der Waals surface area contributed by atoms with Crippen LogP contribution in [-0.4, -0.2) is 72.0 Å². The van der Waals surface area contributed by atoms with Crippen molar-refractivity contribution < 1.29 is 9.47 Å². The first-order valence-corrected chi connectivity index (χ1v) is 11.9. The first-order chi connectivity index (χ1) is 16.9. The second-order valence-corrected chi connectivity index (χ2v) is 8.52. The lowest BCUT2D eigenvalue weighted by Crippen LogP contribution is -2.44. The molecule has 1 saturated heterocycles. The number of rotatable bonds is 9. The molecule has 0 unspecified atom stereocenters. The Hall–Kier alpha value is -3.63. The SMILES string of the molecule is CCOCOc1cc(N)c(C(=N)CC)cc1-c1n[nH]c(=O)n1-c1ccc(N2CCN(C)CC2)cc1. The third-order valence-electron chi connectivity index (χ3n) is 6.22. The Labute approximate surface area is 204 Å². The Morgan fingerprint density at radius 3 is 2.46 bits per heavy atom. The number of hydrogen-bond donors (Lipinski definition) is 3. The average molecular weight is 480 g/mol. The van der Waals surface area contributed by atoms with Crippen LogP contribution in [0.4, 0.5) is 11.4 Å². The molecule has 4 rings (SSSR count). The number of nitrogen functional groups attached to an aromatic ring is 1. The Kier molecular flexibility index (Phi) is 7.52. The molecule has 0 aliphatic carbocycles. The topological polar surface area (TPSA) is 125 Å². The molecule has 0 atom stereocenters. The summed E-state index contributed by atoms with van der Waals surface area (Å²) >= 11 is 0. The van der Waals surface area contributed by atoms with Crippen molar-refractivity contribution in [3.8, 4) is 22.8 Å². The maximum absolute atomic E-state index is 12.8. The standard InChI is InChI=1S/C25H33N7O3/c1-4-21(26)19-14-20(23(15-22(19)27)35-16-34-5-2)24-28-29-25(33)32(24)18-8-6-17(7-9-18)31-12-10-30(3)11-13-31/h6-9,14-15,26H,4-5,10-13,16,27H2,1-3H3,(H,29,33). The number of aromatic amines is 1. The molecule has 35 heavy (non-hydrogen) atoms. The summed E-state index contributed by atoms with van der Waals surface area (Å²) in [4.78, 5) is 17.5. The van der Waals surface area contributed by atoms with E-state index in [9.17, 15) is 4.79 Å². The number of piperazine rings is 1. The van der Waals surface area contributed by atoms with Crippen molar-refractivity contribution in [2.45, 2.75) is 20.3 Å². The van der Waals surface area contributed by atoms with Gasteiger partial charge in [0, 0.05) is 61.5 Å². The van der Waals surface area contributed by atoms with Crippen LogP contribution in [0, 0.1) is 5.41 Å². The van der Waals surface area contributed by atoms with Crippen LogP contribution in [-0.2, 0) is 4.74 Å². The summed E-state index contributed by atoms with van der Waals surface area (Å²) in [7, 11) is 2.13. The number of nitrogens with zero attached hydrogens (tertiary/aromatic N) is 4. The highest BCUT2D eigenvalue weighted by atomic mass is 16.7. The Balaban J connectivity index is 1.74. The van der Waals surface area contributed by atoms with E-state index in [2.05, 4.69) is 27.0 Å². The van der Waals surface area contributed by atoms with Crippen molar-refractivity contribution in [1.82, 2.24) is 19.7 Å². The molecular formula is C25H33N7O3. The van der Waals surface area contributed by atoms with Crippen molar-refractivity contribution in [1.29, 1.82) is 5.41 Å². The fourth-order valence-electron chi connectivity index (χ4n) is 4.12. The maximum atomic E-state index is 12.8. The molecule has 0 saturated carbocycles. The van der Waals surface area contributed by atoms with Crippen LogP contribution >= 0.6 is 0 Å². The molecule has 2 aromatic carbocycles. The van der Waals surface area contributed by atoms with Gasteiger partial charge >= 0.3 is 5.69 Å². The highest BCUT2D eigenvalue weighted by molar-refractivity contribution is 6.04. The summed E-state index contributed by atoms with van der Waals surface area (Å²) in [5.74, 6) is 0.803. The number of aromatic nitrogens is 3. The van der Waals surface area contributed by atoms with Crippen molar-refractivity contribution in [2.75, 3.05) is 57.3 Å². The third-order valence-corrected chi connectivity index (χ3v) is 6.22. The van der Waals surface area contributed by atoms with E-state index in [0.29, 0.717) is 52.8 Å². The molecule has 4 N–H and O–H groups in total. The molecule has 0 radical (unpaired) electrons. The zero-order valence-electron chi connectivity index (χ0n) is 20.5. The van der Waals surface area contributed by atoms with E-state index in [1.54, 1.807) is 12.1 Å². The molecule has 0 amide bonds. The van der Waals surface area contributed by atoms with Crippen LogP contribution in [0.25, 0.3) is 17.1 Å². The number of benzene rings is 2. The summed E-state index contributed by atoms with van der Waals surface area (Å²) in [6.45, 7) is 8.26. The fraction of sp³-hybridized carbons (Fsp3) is 0.400. The maximum Gasteiger partial charge on any atom is 0.348 e. The molecule has 186 valence electrons. The first-order valence-electron chi connectivity index (χ1n) is 11.9. The number of nitrogens with two attached hydrogens (primary N) is 1. The fourth-order valence-corrected chi connectivity index (χ4v) is 4.12. The Bertz CT molecular complexity index is 1220. The predicted octanol–water partition coefficient (Wildman–Crippen LogP) is 2.71. The lowest BCUT2D eigenvalue weighted by atomic mass is 10.0. The number of hydrogen-bond acceptors (Lipinski definition) is 8. The van der Waals surface area contributed by atoms with E-state index in [-0.39, 0.29) is 12.5 Å². The van der Waals surface area contributed by atoms with Crippen molar-refractivity contribution in [3.63, 3.8) is 0 Å². The highest BCUT2D eigenvalue weighted by Gasteiger charge is 2.21. The molecule has 10 nitrogen and oxygen atoms in total. The normalized spacial score (nSPS) is 14.3. The molecule has 1 aliphatic heterocycles. The first kappa shape index (κ1) is 24.5. The summed E-state index contributed by atoms with van der Waals surface area (Å²) in [6, 6.07) is 11.3. The van der Waals surface area contributed by atoms with E-state index < -0.39 is 0 Å². The van der Waals surface area contributed by atoms with Gasteiger partial charge in [0.05, 0.1) is 11.3 Å². The zero-order valence-corrected chi connectivity index (χ0v) is 20.5. The monoisotopic (exact) mass is 479 g/mol. The predicted molar refractivity (Wildman–Crippen MR) is 138 cm³/mol. The summed E-state index contributed by atoms with van der Waals surface area (Å²) in [5.41, 5.74) is 9.61. The second-order valence-electron chi connectivity index (χ2n) is 8.52. The van der Waals surface area contributed by atoms with Gasteiger partial charge in [-0.15, -0.1) is 0 Å². The number of anilines is 2. The minimum atomic E-state index is -0.368. The van der Waals surface area contributed by atoms with E-state index in [1.165, 1.54) is 4.57 Å². The summed E-state index contributed by atoms with van der Waals surface area (Å²) in [5, 5.41) is 15.2. The van der Waals surface area contributed by atoms with Crippen LogP contribution in [0.1, 0.15) is 25.8 Å². The molecule has 0 bridgehead atoms. The number of likely N-dealkylation sites (N-methyl/N-ethyl adjacent to an activating group) is 1. The quantitative estimate of drug-likeness (QED) is 0.186. The van der Waals surface area contributed by atoms with Gasteiger partial charge in [0.1, 0.15) is 5.75 Å². The van der Waals surface area contributed by atoms with Gasteiger partial charge in [0.25, 0.3) is 0 Å². The highest BCUT2D eigenvalue weighted by Crippen LogP contribution is 2.34. The molecular weight excluding hydrogens is 446 g/mol. The number of ether oxygens (including phenoxy) is 2. The molecule has 10 heteroatoms. The van der Waals surface area contributed by atoms with E-state index >= 15 is 0 Å². The van der Waals surface area contributed by atoms with Gasteiger partial charge in [-0.3, -0.25) is 0 Å². The van der Waals surface area contributed by atoms with E-state index in [1.807, 2.05) is 38.1 Å². The minimum Gasteiger partial charge on any atom is -0.467 e. The Morgan fingerprint density at radius 1 is 1.11 bits per heavy atom. The van der Waals surface area contributed by atoms with Crippen LogP contribution in [0.5, 0.6) is 5.75 Å². The molecule has 1 aromatic heterocycles. The third kappa shape index (κ3) is 5.23. The molecule has 0 spiro atoms. The van der Waals surface area contributed by atoms with Gasteiger partial charge in [0.2, 0.25) is 0 Å². The summed E-state index contributed by atoms with van der Waals surface area (Å²) < 4.78 is 12.7. The van der Waals surface area contributed by atoms with Crippen LogP contribution < -0.4 is 21.1 Å². The van der Waals surface area contributed by atoms with Crippen LogP contribution in [0.3, 0.4) is 0 Å². The van der Waals surface area contributed by atoms with Gasteiger partial charge < -0.3 is 30.4 Å². The molecule has 3 aromatic rings. The number of nitrogens with one attached hydrogen (secondary N) is 2. The van der Waals surface area contributed by atoms with Crippen molar-refractivity contribution >= 4 is 17.1 Å². The second kappa shape index (κ2) is 10.7. The van der Waals surface area contributed by atoms with Crippen LogP contribution in [0.15, 0.2) is 41.2 Å². The number of H-pyrrole nitrogens is 1. The largest absolute Gasteiger partial charge is 0.467 e. The molecule has 1 fully saturated rings. The van der Waals surface area contributed by atoms with E-state index in [0.717, 1.165) is 31.9 Å².